The van der Waals surface area contributed by atoms with Gasteiger partial charge in [0.2, 0.25) is 5.56 Å². The highest BCUT2D eigenvalue weighted by molar-refractivity contribution is 6.05. The Morgan fingerprint density at radius 3 is 2.46 bits per heavy atom. The third kappa shape index (κ3) is 3.06. The molecule has 2 aliphatic heterocycles. The molecule has 128 valence electrons. The molecular weight excluding hydrogens is 326 g/mol. The first-order valence-corrected chi connectivity index (χ1v) is 8.34. The quantitative estimate of drug-likeness (QED) is 0.829. The number of halogens is 1. The van der Waals surface area contributed by atoms with Gasteiger partial charge in [-0.2, -0.15) is 0 Å². The summed E-state index contributed by atoms with van der Waals surface area (Å²) in [5, 5.41) is 4.27. The van der Waals surface area contributed by atoms with Crippen LogP contribution in [0.1, 0.15) is 23.2 Å². The van der Waals surface area contributed by atoms with Crippen LogP contribution in [0.2, 0.25) is 0 Å². The number of aromatic nitrogens is 1. The lowest BCUT2D eigenvalue weighted by Gasteiger charge is -2.21. The number of H-pyrrole nitrogens is 1. The number of hydrogen-bond acceptors (Lipinski definition) is 3. The van der Waals surface area contributed by atoms with Crippen molar-refractivity contribution >= 4 is 29.2 Å². The SMILES string of the molecule is Cl.O=C(c1cc(=O)[nH]c2ccccc12)N1CC[C@@H]2CNC[C@@H]2CC1. The van der Waals surface area contributed by atoms with Gasteiger partial charge in [0.1, 0.15) is 0 Å². The number of aromatic amines is 1. The molecule has 0 radical (unpaired) electrons. The van der Waals surface area contributed by atoms with Crippen molar-refractivity contribution in [1.29, 1.82) is 0 Å². The van der Waals surface area contributed by atoms with Crippen LogP contribution in [0, 0.1) is 11.8 Å². The fourth-order valence-electron chi connectivity index (χ4n) is 3.97. The number of para-hydroxylation sites is 1. The zero-order valence-corrected chi connectivity index (χ0v) is 14.3. The van der Waals surface area contributed by atoms with Crippen LogP contribution in [0.3, 0.4) is 0 Å². The van der Waals surface area contributed by atoms with Crippen LogP contribution in [0.15, 0.2) is 35.1 Å². The van der Waals surface area contributed by atoms with Crippen molar-refractivity contribution < 1.29 is 4.79 Å². The Hall–Kier alpha value is -1.85. The minimum Gasteiger partial charge on any atom is -0.339 e. The van der Waals surface area contributed by atoms with E-state index in [0.717, 1.165) is 49.9 Å². The van der Waals surface area contributed by atoms with Crippen molar-refractivity contribution in [3.05, 3.63) is 46.2 Å². The van der Waals surface area contributed by atoms with Crippen LogP contribution in [0.4, 0.5) is 0 Å². The molecular formula is C18H22ClN3O2. The summed E-state index contributed by atoms with van der Waals surface area (Å²) in [7, 11) is 0. The summed E-state index contributed by atoms with van der Waals surface area (Å²) in [5.41, 5.74) is 1.02. The predicted molar refractivity (Wildman–Crippen MR) is 96.8 cm³/mol. The molecule has 3 heterocycles. The maximum Gasteiger partial charge on any atom is 0.254 e. The Balaban J connectivity index is 0.00000169. The molecule has 2 aromatic rings. The smallest absolute Gasteiger partial charge is 0.254 e. The third-order valence-electron chi connectivity index (χ3n) is 5.29. The van der Waals surface area contributed by atoms with E-state index >= 15 is 0 Å². The normalized spacial score (nSPS) is 23.4. The van der Waals surface area contributed by atoms with Crippen LogP contribution in [-0.2, 0) is 0 Å². The van der Waals surface area contributed by atoms with E-state index < -0.39 is 0 Å². The fourth-order valence-corrected chi connectivity index (χ4v) is 3.97. The number of carbonyl (C=O) groups excluding carboxylic acids is 1. The number of hydrogen-bond donors (Lipinski definition) is 2. The Bertz CT molecular complexity index is 790. The molecule has 1 amide bonds. The van der Waals surface area contributed by atoms with E-state index in [1.807, 2.05) is 29.2 Å². The topological polar surface area (TPSA) is 65.2 Å². The highest BCUT2D eigenvalue weighted by Crippen LogP contribution is 2.28. The molecule has 0 unspecified atom stereocenters. The van der Waals surface area contributed by atoms with Crippen LogP contribution in [0.5, 0.6) is 0 Å². The lowest BCUT2D eigenvalue weighted by atomic mass is 9.92. The molecule has 2 N–H and O–H groups in total. The molecule has 0 aliphatic carbocycles. The first kappa shape index (κ1) is 17.0. The van der Waals surface area contributed by atoms with Crippen molar-refractivity contribution in [2.75, 3.05) is 26.2 Å². The number of fused-ring (bicyclic) bond motifs is 2. The lowest BCUT2D eigenvalue weighted by molar-refractivity contribution is 0.0760. The molecule has 1 aromatic carbocycles. The summed E-state index contributed by atoms with van der Waals surface area (Å²) in [6, 6.07) is 8.95. The van der Waals surface area contributed by atoms with Gasteiger partial charge in [-0.3, -0.25) is 9.59 Å². The van der Waals surface area contributed by atoms with Gasteiger partial charge in [0, 0.05) is 30.1 Å². The number of benzene rings is 1. The van der Waals surface area contributed by atoms with Crippen molar-refractivity contribution in [1.82, 2.24) is 15.2 Å². The third-order valence-corrected chi connectivity index (χ3v) is 5.29. The van der Waals surface area contributed by atoms with Gasteiger partial charge in [-0.1, -0.05) is 18.2 Å². The number of likely N-dealkylation sites (tertiary alicyclic amines) is 1. The van der Waals surface area contributed by atoms with E-state index in [9.17, 15) is 9.59 Å². The zero-order valence-electron chi connectivity index (χ0n) is 13.5. The Kier molecular flexibility index (Phi) is 4.92. The van der Waals surface area contributed by atoms with Gasteiger partial charge in [0.15, 0.2) is 0 Å². The number of pyridine rings is 1. The van der Waals surface area contributed by atoms with Crippen LogP contribution in [-0.4, -0.2) is 42.0 Å². The predicted octanol–water partition coefficient (Wildman–Crippen LogP) is 2.02. The Morgan fingerprint density at radius 1 is 1.08 bits per heavy atom. The molecule has 4 rings (SSSR count). The summed E-state index contributed by atoms with van der Waals surface area (Å²) >= 11 is 0. The molecule has 6 heteroatoms. The first-order chi connectivity index (χ1) is 11.2. The first-order valence-electron chi connectivity index (χ1n) is 8.34. The van der Waals surface area contributed by atoms with Crippen LogP contribution >= 0.6 is 12.4 Å². The van der Waals surface area contributed by atoms with E-state index in [0.29, 0.717) is 17.4 Å². The molecule has 0 bridgehead atoms. The molecule has 2 fully saturated rings. The van der Waals surface area contributed by atoms with Crippen LogP contribution in [0.25, 0.3) is 10.9 Å². The van der Waals surface area contributed by atoms with E-state index in [1.54, 1.807) is 0 Å². The molecule has 2 atom stereocenters. The minimum atomic E-state index is -0.219. The monoisotopic (exact) mass is 347 g/mol. The zero-order chi connectivity index (χ0) is 15.8. The van der Waals surface area contributed by atoms with E-state index in [-0.39, 0.29) is 23.9 Å². The van der Waals surface area contributed by atoms with Crippen molar-refractivity contribution in [3.63, 3.8) is 0 Å². The average Bonchev–Trinajstić information content (AvgIpc) is 2.92. The van der Waals surface area contributed by atoms with Gasteiger partial charge in [-0.25, -0.2) is 0 Å². The van der Waals surface area contributed by atoms with Crippen molar-refractivity contribution in [2.45, 2.75) is 12.8 Å². The largest absolute Gasteiger partial charge is 0.339 e. The van der Waals surface area contributed by atoms with Gasteiger partial charge < -0.3 is 15.2 Å². The molecule has 0 spiro atoms. The van der Waals surface area contributed by atoms with Gasteiger partial charge in [0.25, 0.3) is 5.91 Å². The molecule has 0 saturated carbocycles. The van der Waals surface area contributed by atoms with Gasteiger partial charge >= 0.3 is 0 Å². The van der Waals surface area contributed by atoms with Crippen molar-refractivity contribution in [2.24, 2.45) is 11.8 Å². The average molecular weight is 348 g/mol. The highest BCUT2D eigenvalue weighted by Gasteiger charge is 2.32. The second kappa shape index (κ2) is 6.95. The Morgan fingerprint density at radius 2 is 1.75 bits per heavy atom. The molecule has 1 aromatic heterocycles. The van der Waals surface area contributed by atoms with Crippen LogP contribution < -0.4 is 10.9 Å². The second-order valence-corrected chi connectivity index (χ2v) is 6.64. The minimum absolute atomic E-state index is 0. The summed E-state index contributed by atoms with van der Waals surface area (Å²) < 4.78 is 0. The van der Waals surface area contributed by atoms with E-state index in [1.165, 1.54) is 6.07 Å². The summed E-state index contributed by atoms with van der Waals surface area (Å²) in [4.78, 5) is 29.6. The number of amides is 1. The number of nitrogens with zero attached hydrogens (tertiary/aromatic N) is 1. The second-order valence-electron chi connectivity index (χ2n) is 6.64. The number of carbonyl (C=O) groups is 1. The van der Waals surface area contributed by atoms with Crippen molar-refractivity contribution in [3.8, 4) is 0 Å². The standard InChI is InChI=1S/C18H21N3O2.ClH/c22-17-9-15(14-3-1-2-4-16(14)20-17)18(23)21-7-5-12-10-19-11-13(12)6-8-21;/h1-4,9,12-13,19H,5-8,10-11H2,(H,20,22);1H/t12-,13+;. The maximum atomic E-state index is 13.0. The van der Waals surface area contributed by atoms with Gasteiger partial charge in [-0.15, -0.1) is 12.4 Å². The van der Waals surface area contributed by atoms with E-state index in [4.69, 9.17) is 0 Å². The van der Waals surface area contributed by atoms with Gasteiger partial charge in [0.05, 0.1) is 5.56 Å². The van der Waals surface area contributed by atoms with E-state index in [2.05, 4.69) is 10.3 Å². The summed E-state index contributed by atoms with van der Waals surface area (Å²) in [6.07, 6.45) is 2.09. The highest BCUT2D eigenvalue weighted by atomic mass is 35.5. The Labute approximate surface area is 146 Å². The van der Waals surface area contributed by atoms with Gasteiger partial charge in [-0.05, 0) is 43.8 Å². The molecule has 5 nitrogen and oxygen atoms in total. The molecule has 2 aliphatic rings. The number of nitrogens with one attached hydrogen (secondary N) is 2. The molecule has 2 saturated heterocycles. The summed E-state index contributed by atoms with van der Waals surface area (Å²) in [6.45, 7) is 3.70. The fraction of sp³-hybridized carbons (Fsp3) is 0.444. The summed E-state index contributed by atoms with van der Waals surface area (Å²) in [5.74, 6) is 1.35. The number of rotatable bonds is 1. The maximum absolute atomic E-state index is 13.0. The molecule has 24 heavy (non-hydrogen) atoms. The lowest BCUT2D eigenvalue weighted by Crippen LogP contribution is -2.33.